The SMILES string of the molecule is COc1ccc(Cn2c(C3C=NN(C)C3)nc3c(N4CCOCC4)cc(C)nc32)c(OC)c1. The van der Waals surface area contributed by atoms with Gasteiger partial charge in [0.15, 0.2) is 5.65 Å². The topological polar surface area (TPSA) is 77.2 Å². The highest BCUT2D eigenvalue weighted by atomic mass is 16.5. The van der Waals surface area contributed by atoms with Crippen LogP contribution in [0.5, 0.6) is 11.5 Å². The number of imidazole rings is 1. The van der Waals surface area contributed by atoms with Crippen LogP contribution in [-0.2, 0) is 11.3 Å². The standard InChI is InChI=1S/C24H30N6O3/c1-16-11-20(29-7-9-33-10-8-29)22-24(26-16)30(23(27-22)18-13-25-28(2)14-18)15-17-5-6-19(31-3)12-21(17)32-4/h5-6,11-13,18H,7-10,14-15H2,1-4H3. The van der Waals surface area contributed by atoms with Crippen molar-refractivity contribution in [3.63, 3.8) is 0 Å². The molecule has 1 unspecified atom stereocenters. The number of rotatable bonds is 6. The molecule has 2 aliphatic rings. The molecule has 1 saturated heterocycles. The number of likely N-dealkylation sites (N-methyl/N-ethyl adjacent to an activating group) is 1. The minimum Gasteiger partial charge on any atom is -0.497 e. The normalized spacial score (nSPS) is 18.4. The van der Waals surface area contributed by atoms with E-state index in [-0.39, 0.29) is 5.92 Å². The van der Waals surface area contributed by atoms with Crippen molar-refractivity contribution in [2.45, 2.75) is 19.4 Å². The molecule has 0 amide bonds. The number of hydrazone groups is 1. The minimum absolute atomic E-state index is 0.0892. The zero-order valence-corrected chi connectivity index (χ0v) is 19.6. The number of morpholine rings is 1. The summed E-state index contributed by atoms with van der Waals surface area (Å²) in [7, 11) is 5.33. The van der Waals surface area contributed by atoms with Crippen molar-refractivity contribution in [3.05, 3.63) is 41.3 Å². The Morgan fingerprint density at radius 1 is 1.09 bits per heavy atom. The number of fused-ring (bicyclic) bond motifs is 1. The molecule has 0 N–H and O–H groups in total. The average Bonchev–Trinajstić information content (AvgIpc) is 3.43. The van der Waals surface area contributed by atoms with E-state index < -0.39 is 0 Å². The predicted molar refractivity (Wildman–Crippen MR) is 128 cm³/mol. The summed E-state index contributed by atoms with van der Waals surface area (Å²) >= 11 is 0. The second-order valence-corrected chi connectivity index (χ2v) is 8.50. The van der Waals surface area contributed by atoms with Crippen LogP contribution in [0.4, 0.5) is 5.69 Å². The zero-order chi connectivity index (χ0) is 22.9. The van der Waals surface area contributed by atoms with E-state index >= 15 is 0 Å². The highest BCUT2D eigenvalue weighted by molar-refractivity contribution is 5.88. The van der Waals surface area contributed by atoms with Gasteiger partial charge in [-0.05, 0) is 25.1 Å². The molecule has 4 heterocycles. The molecule has 1 aromatic carbocycles. The van der Waals surface area contributed by atoms with Gasteiger partial charge in [0.25, 0.3) is 0 Å². The van der Waals surface area contributed by atoms with E-state index in [1.54, 1.807) is 14.2 Å². The summed E-state index contributed by atoms with van der Waals surface area (Å²) in [5.74, 6) is 2.59. The van der Waals surface area contributed by atoms with Gasteiger partial charge in [0, 0.05) is 43.7 Å². The molecule has 1 fully saturated rings. The Morgan fingerprint density at radius 2 is 1.91 bits per heavy atom. The van der Waals surface area contributed by atoms with Crippen LogP contribution in [0.2, 0.25) is 0 Å². The molecule has 0 saturated carbocycles. The number of pyridine rings is 1. The van der Waals surface area contributed by atoms with Crippen molar-refractivity contribution in [1.29, 1.82) is 0 Å². The maximum atomic E-state index is 5.68. The van der Waals surface area contributed by atoms with Gasteiger partial charge >= 0.3 is 0 Å². The summed E-state index contributed by atoms with van der Waals surface area (Å²) in [5, 5.41) is 6.41. The lowest BCUT2D eigenvalue weighted by atomic mass is 10.1. The van der Waals surface area contributed by atoms with E-state index in [0.29, 0.717) is 6.54 Å². The van der Waals surface area contributed by atoms with Gasteiger partial charge in [0.1, 0.15) is 22.8 Å². The molecule has 0 bridgehead atoms. The maximum Gasteiger partial charge on any atom is 0.162 e. The second-order valence-electron chi connectivity index (χ2n) is 8.50. The van der Waals surface area contributed by atoms with E-state index in [1.807, 2.05) is 43.4 Å². The van der Waals surface area contributed by atoms with Crippen LogP contribution in [0.3, 0.4) is 0 Å². The quantitative estimate of drug-likeness (QED) is 0.571. The first-order valence-electron chi connectivity index (χ1n) is 11.2. The summed E-state index contributed by atoms with van der Waals surface area (Å²) in [6.07, 6.45) is 1.98. The number of anilines is 1. The molecule has 174 valence electrons. The van der Waals surface area contributed by atoms with Crippen molar-refractivity contribution in [1.82, 2.24) is 19.5 Å². The summed E-state index contributed by atoms with van der Waals surface area (Å²) in [5.41, 5.74) is 4.93. The minimum atomic E-state index is 0.0892. The van der Waals surface area contributed by atoms with Crippen LogP contribution in [-0.4, -0.2) is 79.9 Å². The molecule has 9 nitrogen and oxygen atoms in total. The van der Waals surface area contributed by atoms with Gasteiger partial charge in [-0.3, -0.25) is 5.01 Å². The number of aryl methyl sites for hydroxylation is 1. The van der Waals surface area contributed by atoms with Gasteiger partial charge in [0.2, 0.25) is 0 Å². The number of aromatic nitrogens is 3. The Balaban J connectivity index is 1.66. The summed E-state index contributed by atoms with van der Waals surface area (Å²) in [6.45, 7) is 6.56. The van der Waals surface area contributed by atoms with E-state index in [2.05, 4.69) is 20.6 Å². The highest BCUT2D eigenvalue weighted by Gasteiger charge is 2.27. The van der Waals surface area contributed by atoms with Crippen LogP contribution >= 0.6 is 0 Å². The number of benzene rings is 1. The lowest BCUT2D eigenvalue weighted by Crippen LogP contribution is -2.36. The number of hydrogen-bond donors (Lipinski definition) is 0. The van der Waals surface area contributed by atoms with Crippen LogP contribution < -0.4 is 14.4 Å². The van der Waals surface area contributed by atoms with Crippen LogP contribution in [0.15, 0.2) is 29.4 Å². The van der Waals surface area contributed by atoms with Crippen LogP contribution in [0.1, 0.15) is 23.0 Å². The van der Waals surface area contributed by atoms with Gasteiger partial charge in [-0.1, -0.05) is 0 Å². The molecule has 0 radical (unpaired) electrons. The Hall–Kier alpha value is -3.33. The largest absolute Gasteiger partial charge is 0.497 e. The molecule has 2 aliphatic heterocycles. The van der Waals surface area contributed by atoms with Crippen molar-refractivity contribution >= 4 is 23.1 Å². The molecule has 0 aliphatic carbocycles. The van der Waals surface area contributed by atoms with Gasteiger partial charge < -0.3 is 23.7 Å². The molecule has 3 aromatic rings. The van der Waals surface area contributed by atoms with Gasteiger partial charge in [0.05, 0.1) is 52.1 Å². The molecule has 5 rings (SSSR count). The summed E-state index contributed by atoms with van der Waals surface area (Å²) < 4.78 is 18.9. The Labute approximate surface area is 193 Å². The first-order valence-corrected chi connectivity index (χ1v) is 11.2. The average molecular weight is 451 g/mol. The van der Waals surface area contributed by atoms with Crippen molar-refractivity contribution in [2.24, 2.45) is 5.10 Å². The third-order valence-electron chi connectivity index (χ3n) is 6.25. The lowest BCUT2D eigenvalue weighted by Gasteiger charge is -2.29. The van der Waals surface area contributed by atoms with Gasteiger partial charge in [-0.2, -0.15) is 5.10 Å². The third-order valence-corrected chi connectivity index (χ3v) is 6.25. The molecule has 0 spiro atoms. The summed E-state index contributed by atoms with van der Waals surface area (Å²) in [6, 6.07) is 8.05. The molecule has 9 heteroatoms. The Morgan fingerprint density at radius 3 is 2.61 bits per heavy atom. The molecular weight excluding hydrogens is 420 g/mol. The predicted octanol–water partition coefficient (Wildman–Crippen LogP) is 2.66. The van der Waals surface area contributed by atoms with E-state index in [0.717, 1.165) is 78.3 Å². The number of methoxy groups -OCH3 is 2. The first-order chi connectivity index (χ1) is 16.1. The number of ether oxygens (including phenoxy) is 3. The molecular formula is C24H30N6O3. The lowest BCUT2D eigenvalue weighted by molar-refractivity contribution is 0.123. The summed E-state index contributed by atoms with van der Waals surface area (Å²) in [4.78, 5) is 12.5. The fourth-order valence-electron chi connectivity index (χ4n) is 4.57. The van der Waals surface area contributed by atoms with Crippen LogP contribution in [0, 0.1) is 6.92 Å². The Bertz CT molecular complexity index is 1180. The smallest absolute Gasteiger partial charge is 0.162 e. The van der Waals surface area contributed by atoms with E-state index in [4.69, 9.17) is 24.2 Å². The zero-order valence-electron chi connectivity index (χ0n) is 19.6. The Kier molecular flexibility index (Phi) is 5.80. The second kappa shape index (κ2) is 8.90. The highest BCUT2D eigenvalue weighted by Crippen LogP contribution is 2.33. The monoisotopic (exact) mass is 450 g/mol. The van der Waals surface area contributed by atoms with Crippen LogP contribution in [0.25, 0.3) is 11.2 Å². The molecule has 33 heavy (non-hydrogen) atoms. The van der Waals surface area contributed by atoms with Crippen molar-refractivity contribution in [2.75, 3.05) is 59.0 Å². The maximum absolute atomic E-state index is 5.68. The molecule has 1 atom stereocenters. The van der Waals surface area contributed by atoms with Gasteiger partial charge in [-0.25, -0.2) is 9.97 Å². The molecule has 2 aromatic heterocycles. The fraction of sp³-hybridized carbons (Fsp3) is 0.458. The first kappa shape index (κ1) is 21.5. The van der Waals surface area contributed by atoms with E-state index in [9.17, 15) is 0 Å². The number of hydrogen-bond acceptors (Lipinski definition) is 8. The van der Waals surface area contributed by atoms with Crippen molar-refractivity contribution in [3.8, 4) is 11.5 Å². The van der Waals surface area contributed by atoms with E-state index in [1.165, 1.54) is 0 Å². The van der Waals surface area contributed by atoms with Gasteiger partial charge in [-0.15, -0.1) is 0 Å². The van der Waals surface area contributed by atoms with Crippen molar-refractivity contribution < 1.29 is 14.2 Å². The fourth-order valence-corrected chi connectivity index (χ4v) is 4.57. The number of nitrogens with zero attached hydrogens (tertiary/aromatic N) is 6. The third kappa shape index (κ3) is 4.08.